The van der Waals surface area contributed by atoms with E-state index in [2.05, 4.69) is 193 Å². The van der Waals surface area contributed by atoms with Gasteiger partial charge < -0.3 is 9.73 Å². The molecule has 11 aromatic rings. The Hall–Kier alpha value is -6.79. The molecular formula is C52H35N3OS. The molecule has 270 valence electrons. The quantitative estimate of drug-likeness (QED) is 0.182. The van der Waals surface area contributed by atoms with Crippen LogP contribution in [-0.2, 0) is 0 Å². The van der Waals surface area contributed by atoms with E-state index in [-0.39, 0.29) is 12.3 Å². The molecule has 0 aliphatic carbocycles. The van der Waals surface area contributed by atoms with Crippen molar-refractivity contribution in [2.45, 2.75) is 12.3 Å². The van der Waals surface area contributed by atoms with Crippen LogP contribution >= 0.6 is 11.3 Å². The predicted octanol–water partition coefficient (Wildman–Crippen LogP) is 13.8. The first-order valence-corrected chi connectivity index (χ1v) is 20.3. The summed E-state index contributed by atoms with van der Waals surface area (Å²) in [4.78, 5) is 8.05. The molecular weight excluding hydrogens is 715 g/mol. The van der Waals surface area contributed by atoms with E-state index in [9.17, 15) is 0 Å². The van der Waals surface area contributed by atoms with Crippen LogP contribution in [0.5, 0.6) is 0 Å². The van der Waals surface area contributed by atoms with Gasteiger partial charge in [-0.15, -0.1) is 11.3 Å². The van der Waals surface area contributed by atoms with Gasteiger partial charge in [0.15, 0.2) is 0 Å². The number of benzene rings is 9. The fourth-order valence-corrected chi connectivity index (χ4v) is 10.6. The Bertz CT molecular complexity index is 3380. The van der Waals surface area contributed by atoms with Gasteiger partial charge in [0, 0.05) is 42.1 Å². The second-order valence-electron chi connectivity index (χ2n) is 15.1. The van der Waals surface area contributed by atoms with Gasteiger partial charge in [0.25, 0.3) is 0 Å². The number of hydrogen-bond acceptors (Lipinski definition) is 5. The van der Waals surface area contributed by atoms with Crippen molar-refractivity contribution in [1.29, 1.82) is 0 Å². The number of amidine groups is 1. The molecule has 2 aromatic heterocycles. The number of hydrogen-bond donors (Lipinski definition) is 1. The van der Waals surface area contributed by atoms with E-state index in [1.807, 2.05) is 11.3 Å². The highest BCUT2D eigenvalue weighted by molar-refractivity contribution is 7.26. The zero-order chi connectivity index (χ0) is 37.6. The SMILES string of the molecule is CN1C(c2ccccc2)N=C(c2c3ccccc3c(-c3ccc4ccccc4c3)c3ccccc23)NC1c1cc2c3ccccc3oc2c2c1sc1ccccc12. The highest BCUT2D eigenvalue weighted by atomic mass is 32.1. The standard InChI is InChI=1S/C52H35N3OS/c1-55-51(32-16-3-2-4-17-32)53-50(54-52(55)42-30-41-35-19-11-13-25-43(35)56-48(41)47-40-24-12-14-26-44(40)57-49(42)47)46-38-22-9-7-20-36(38)45(37-21-8-10-23-39(37)46)34-28-27-31-15-5-6-18-33(31)29-34/h2-30,51-52H,1H3,(H,53,54). The summed E-state index contributed by atoms with van der Waals surface area (Å²) < 4.78 is 9.17. The second kappa shape index (κ2) is 12.6. The molecule has 1 aliphatic rings. The summed E-state index contributed by atoms with van der Waals surface area (Å²) in [5.41, 5.74) is 7.77. The molecule has 1 aliphatic heterocycles. The molecule has 4 nitrogen and oxygen atoms in total. The molecule has 2 atom stereocenters. The van der Waals surface area contributed by atoms with Crippen molar-refractivity contribution in [3.63, 3.8) is 0 Å². The molecule has 0 fully saturated rings. The van der Waals surface area contributed by atoms with E-state index in [1.54, 1.807) is 0 Å². The number of nitrogens with one attached hydrogen (secondary N) is 1. The highest BCUT2D eigenvalue weighted by Gasteiger charge is 2.35. The van der Waals surface area contributed by atoms with Gasteiger partial charge in [-0.05, 0) is 80.3 Å². The summed E-state index contributed by atoms with van der Waals surface area (Å²) in [5.74, 6) is 0.885. The second-order valence-corrected chi connectivity index (χ2v) is 16.2. The summed E-state index contributed by atoms with van der Waals surface area (Å²) in [7, 11) is 2.20. The third-order valence-electron chi connectivity index (χ3n) is 11.9. The van der Waals surface area contributed by atoms with Crippen LogP contribution in [0.1, 0.15) is 29.0 Å². The molecule has 9 aromatic carbocycles. The Kier molecular flexibility index (Phi) is 7.18. The van der Waals surface area contributed by atoms with Gasteiger partial charge >= 0.3 is 0 Å². The number of thiophene rings is 1. The average molecular weight is 750 g/mol. The first-order valence-electron chi connectivity index (χ1n) is 19.5. The van der Waals surface area contributed by atoms with Crippen LogP contribution in [0.25, 0.3) is 85.6 Å². The maximum Gasteiger partial charge on any atom is 0.144 e. The Morgan fingerprint density at radius 3 is 1.93 bits per heavy atom. The lowest BCUT2D eigenvalue weighted by Gasteiger charge is -2.40. The molecule has 3 heterocycles. The van der Waals surface area contributed by atoms with E-state index in [0.717, 1.165) is 38.9 Å². The lowest BCUT2D eigenvalue weighted by Crippen LogP contribution is -2.46. The Morgan fingerprint density at radius 2 is 1.18 bits per heavy atom. The lowest BCUT2D eigenvalue weighted by molar-refractivity contribution is 0.153. The van der Waals surface area contributed by atoms with Crippen LogP contribution in [0.15, 0.2) is 185 Å². The molecule has 0 saturated heterocycles. The normalized spacial score (nSPS) is 16.3. The Labute approximate surface area is 332 Å². The van der Waals surface area contributed by atoms with Crippen molar-refractivity contribution in [2.24, 2.45) is 4.99 Å². The molecule has 0 amide bonds. The van der Waals surface area contributed by atoms with Crippen LogP contribution < -0.4 is 5.32 Å². The van der Waals surface area contributed by atoms with Gasteiger partial charge in [-0.2, -0.15) is 0 Å². The molecule has 0 radical (unpaired) electrons. The third-order valence-corrected chi connectivity index (χ3v) is 13.2. The van der Waals surface area contributed by atoms with E-state index < -0.39 is 0 Å². The molecule has 0 bridgehead atoms. The number of aliphatic imine (C=N–C) groups is 1. The van der Waals surface area contributed by atoms with Crippen molar-refractivity contribution in [2.75, 3.05) is 7.05 Å². The van der Waals surface area contributed by atoms with Crippen molar-refractivity contribution >= 4 is 91.6 Å². The number of fused-ring (bicyclic) bond motifs is 10. The number of nitrogens with zero attached hydrogens (tertiary/aromatic N) is 2. The van der Waals surface area contributed by atoms with Gasteiger partial charge in [0.2, 0.25) is 0 Å². The van der Waals surface area contributed by atoms with Crippen LogP contribution in [0, 0.1) is 0 Å². The lowest BCUT2D eigenvalue weighted by atomic mass is 9.87. The maximum atomic E-state index is 6.70. The fourth-order valence-electron chi connectivity index (χ4n) is 9.32. The van der Waals surface area contributed by atoms with Crippen molar-refractivity contribution in [3.8, 4) is 11.1 Å². The first-order chi connectivity index (χ1) is 28.2. The van der Waals surface area contributed by atoms with E-state index in [1.165, 1.54) is 69.2 Å². The molecule has 12 rings (SSSR count). The van der Waals surface area contributed by atoms with Gasteiger partial charge in [-0.3, -0.25) is 4.90 Å². The number of furan rings is 1. The van der Waals surface area contributed by atoms with Crippen LogP contribution in [0.3, 0.4) is 0 Å². The molecule has 1 N–H and O–H groups in total. The van der Waals surface area contributed by atoms with Gasteiger partial charge in [0.05, 0.1) is 0 Å². The number of rotatable bonds is 4. The van der Waals surface area contributed by atoms with Gasteiger partial charge in [-0.1, -0.05) is 152 Å². The summed E-state index contributed by atoms with van der Waals surface area (Å²) >= 11 is 1.84. The minimum atomic E-state index is -0.244. The largest absolute Gasteiger partial charge is 0.455 e. The van der Waals surface area contributed by atoms with E-state index >= 15 is 0 Å². The minimum absolute atomic E-state index is 0.214. The maximum absolute atomic E-state index is 6.70. The minimum Gasteiger partial charge on any atom is -0.455 e. The van der Waals surface area contributed by atoms with E-state index in [4.69, 9.17) is 9.41 Å². The van der Waals surface area contributed by atoms with Crippen LogP contribution in [0.4, 0.5) is 0 Å². The van der Waals surface area contributed by atoms with Gasteiger partial charge in [-0.25, -0.2) is 4.99 Å². The smallest absolute Gasteiger partial charge is 0.144 e. The molecule has 57 heavy (non-hydrogen) atoms. The zero-order valence-electron chi connectivity index (χ0n) is 31.1. The molecule has 0 spiro atoms. The van der Waals surface area contributed by atoms with Crippen LogP contribution in [0.2, 0.25) is 0 Å². The zero-order valence-corrected chi connectivity index (χ0v) is 31.9. The predicted molar refractivity (Wildman–Crippen MR) is 240 cm³/mol. The average Bonchev–Trinajstić information content (AvgIpc) is 3.84. The molecule has 2 unspecified atom stereocenters. The monoisotopic (exact) mass is 749 g/mol. The first kappa shape index (κ1) is 32.5. The molecule has 0 saturated carbocycles. The number of para-hydroxylation sites is 1. The fraction of sp³-hybridized carbons (Fsp3) is 0.0577. The Balaban J connectivity index is 1.14. The third kappa shape index (κ3) is 4.93. The topological polar surface area (TPSA) is 40.8 Å². The van der Waals surface area contributed by atoms with E-state index in [0.29, 0.717) is 0 Å². The molecule has 5 heteroatoms. The van der Waals surface area contributed by atoms with Crippen molar-refractivity contribution < 1.29 is 4.42 Å². The Morgan fingerprint density at radius 1 is 0.561 bits per heavy atom. The van der Waals surface area contributed by atoms with Crippen molar-refractivity contribution in [3.05, 3.63) is 193 Å². The summed E-state index contributed by atoms with van der Waals surface area (Å²) in [6.45, 7) is 0. The summed E-state index contributed by atoms with van der Waals surface area (Å²) in [6.07, 6.45) is -0.458. The summed E-state index contributed by atoms with van der Waals surface area (Å²) in [5, 5.41) is 16.0. The van der Waals surface area contributed by atoms with Gasteiger partial charge in [0.1, 0.15) is 29.3 Å². The van der Waals surface area contributed by atoms with Crippen molar-refractivity contribution in [1.82, 2.24) is 10.2 Å². The summed E-state index contributed by atoms with van der Waals surface area (Å²) in [6, 6.07) is 63.4. The highest BCUT2D eigenvalue weighted by Crippen LogP contribution is 2.48. The van der Waals surface area contributed by atoms with Crippen LogP contribution in [-0.4, -0.2) is 17.8 Å².